The standard InChI is InChI=1S/C11H16O6/c1-3-7(2)11(16)17-8(10(14)15)5-4-6-9(12)13/h3,8H,4-6H2,1-2H3,(H,12,13)(H,14,15). The summed E-state index contributed by atoms with van der Waals surface area (Å²) in [6.45, 7) is 3.15. The van der Waals surface area contributed by atoms with Crippen LogP contribution in [0.25, 0.3) is 0 Å². The average Bonchev–Trinajstić information content (AvgIpc) is 2.25. The average molecular weight is 244 g/mol. The van der Waals surface area contributed by atoms with Crippen molar-refractivity contribution < 1.29 is 29.3 Å². The molecule has 0 saturated carbocycles. The lowest BCUT2D eigenvalue weighted by Crippen LogP contribution is -2.27. The first-order chi connectivity index (χ1) is 7.88. The van der Waals surface area contributed by atoms with Gasteiger partial charge >= 0.3 is 17.9 Å². The first kappa shape index (κ1) is 15.2. The molecule has 0 aromatic rings. The molecule has 0 aliphatic heterocycles. The number of hydrogen-bond acceptors (Lipinski definition) is 4. The molecule has 0 fully saturated rings. The van der Waals surface area contributed by atoms with Crippen molar-refractivity contribution in [3.63, 3.8) is 0 Å². The number of carbonyl (C=O) groups is 3. The van der Waals surface area contributed by atoms with Gasteiger partial charge in [0.25, 0.3) is 0 Å². The maximum absolute atomic E-state index is 11.3. The van der Waals surface area contributed by atoms with Gasteiger partial charge in [-0.15, -0.1) is 0 Å². The highest BCUT2D eigenvalue weighted by Crippen LogP contribution is 2.08. The Bertz CT molecular complexity index is 331. The van der Waals surface area contributed by atoms with E-state index in [1.165, 1.54) is 13.0 Å². The Hall–Kier alpha value is -1.85. The van der Waals surface area contributed by atoms with Crippen molar-refractivity contribution in [3.8, 4) is 0 Å². The molecule has 0 spiro atoms. The lowest BCUT2D eigenvalue weighted by atomic mass is 10.1. The molecule has 0 aliphatic rings. The van der Waals surface area contributed by atoms with E-state index in [-0.39, 0.29) is 19.3 Å². The number of carboxylic acids is 2. The topological polar surface area (TPSA) is 101 Å². The zero-order valence-corrected chi connectivity index (χ0v) is 9.80. The second-order valence-electron chi connectivity index (χ2n) is 3.49. The van der Waals surface area contributed by atoms with Crippen LogP contribution in [0.1, 0.15) is 33.1 Å². The van der Waals surface area contributed by atoms with E-state index in [4.69, 9.17) is 14.9 Å². The van der Waals surface area contributed by atoms with Gasteiger partial charge in [-0.25, -0.2) is 9.59 Å². The number of esters is 1. The number of carbonyl (C=O) groups excluding carboxylic acids is 1. The number of allylic oxidation sites excluding steroid dienone is 1. The second kappa shape index (κ2) is 7.43. The first-order valence-corrected chi connectivity index (χ1v) is 5.17. The van der Waals surface area contributed by atoms with Crippen molar-refractivity contribution >= 4 is 17.9 Å². The molecule has 6 heteroatoms. The van der Waals surface area contributed by atoms with Crippen molar-refractivity contribution in [2.24, 2.45) is 0 Å². The van der Waals surface area contributed by atoms with E-state index in [1.54, 1.807) is 6.92 Å². The molecule has 1 unspecified atom stereocenters. The number of aliphatic carboxylic acids is 2. The molecule has 17 heavy (non-hydrogen) atoms. The van der Waals surface area contributed by atoms with Crippen LogP contribution in [0.3, 0.4) is 0 Å². The van der Waals surface area contributed by atoms with Gasteiger partial charge in [0, 0.05) is 12.0 Å². The minimum Gasteiger partial charge on any atom is -0.481 e. The van der Waals surface area contributed by atoms with Gasteiger partial charge in [0.1, 0.15) is 0 Å². The van der Waals surface area contributed by atoms with Crippen LogP contribution in [0, 0.1) is 0 Å². The van der Waals surface area contributed by atoms with Crippen LogP contribution in [0.4, 0.5) is 0 Å². The van der Waals surface area contributed by atoms with Crippen molar-refractivity contribution in [2.45, 2.75) is 39.2 Å². The summed E-state index contributed by atoms with van der Waals surface area (Å²) < 4.78 is 4.75. The Morgan fingerprint density at radius 2 is 1.88 bits per heavy atom. The van der Waals surface area contributed by atoms with Gasteiger partial charge in [-0.1, -0.05) is 6.08 Å². The molecular weight excluding hydrogens is 228 g/mol. The van der Waals surface area contributed by atoms with Crippen LogP contribution >= 0.6 is 0 Å². The lowest BCUT2D eigenvalue weighted by molar-refractivity contribution is -0.162. The Kier molecular flexibility index (Phi) is 6.62. The molecule has 0 rings (SSSR count). The highest BCUT2D eigenvalue weighted by Gasteiger charge is 2.22. The third-order valence-corrected chi connectivity index (χ3v) is 2.14. The van der Waals surface area contributed by atoms with Crippen LogP contribution in [0.15, 0.2) is 11.6 Å². The van der Waals surface area contributed by atoms with Crippen molar-refractivity contribution in [2.75, 3.05) is 0 Å². The summed E-state index contributed by atoms with van der Waals surface area (Å²) in [4.78, 5) is 32.4. The number of ether oxygens (including phenoxy) is 1. The minimum atomic E-state index is -1.29. The molecule has 2 N–H and O–H groups in total. The molecule has 96 valence electrons. The predicted molar refractivity (Wildman–Crippen MR) is 58.4 cm³/mol. The predicted octanol–water partition coefficient (Wildman–Crippen LogP) is 1.20. The summed E-state index contributed by atoms with van der Waals surface area (Å²) in [6, 6.07) is 0. The zero-order valence-electron chi connectivity index (χ0n) is 9.80. The third-order valence-electron chi connectivity index (χ3n) is 2.14. The maximum atomic E-state index is 11.3. The van der Waals surface area contributed by atoms with Gasteiger partial charge in [0.15, 0.2) is 6.10 Å². The van der Waals surface area contributed by atoms with Gasteiger partial charge in [-0.3, -0.25) is 4.79 Å². The van der Waals surface area contributed by atoms with Crippen molar-refractivity contribution in [1.29, 1.82) is 0 Å². The molecule has 1 atom stereocenters. The van der Waals surface area contributed by atoms with E-state index in [0.717, 1.165) is 0 Å². The second-order valence-corrected chi connectivity index (χ2v) is 3.49. The highest BCUT2D eigenvalue weighted by atomic mass is 16.6. The maximum Gasteiger partial charge on any atom is 0.345 e. The lowest BCUT2D eigenvalue weighted by Gasteiger charge is -2.13. The van der Waals surface area contributed by atoms with Crippen LogP contribution in [0.2, 0.25) is 0 Å². The van der Waals surface area contributed by atoms with Crippen LogP contribution in [0.5, 0.6) is 0 Å². The minimum absolute atomic E-state index is 0.00956. The summed E-state index contributed by atoms with van der Waals surface area (Å²) in [5.41, 5.74) is 0.314. The molecule has 0 amide bonds. The van der Waals surface area contributed by atoms with Gasteiger partial charge in [0.2, 0.25) is 0 Å². The van der Waals surface area contributed by atoms with Crippen LogP contribution in [-0.4, -0.2) is 34.2 Å². The molecule has 0 saturated heterocycles. The first-order valence-electron chi connectivity index (χ1n) is 5.17. The highest BCUT2D eigenvalue weighted by molar-refractivity contribution is 5.89. The molecule has 0 aromatic carbocycles. The summed E-state index contributed by atoms with van der Waals surface area (Å²) in [5, 5.41) is 17.2. The largest absolute Gasteiger partial charge is 0.481 e. The summed E-state index contributed by atoms with van der Waals surface area (Å²) in [6.07, 6.45) is 0.207. The van der Waals surface area contributed by atoms with E-state index in [2.05, 4.69) is 0 Å². The van der Waals surface area contributed by atoms with E-state index in [0.29, 0.717) is 5.57 Å². The molecule has 6 nitrogen and oxygen atoms in total. The number of hydrogen-bond donors (Lipinski definition) is 2. The summed E-state index contributed by atoms with van der Waals surface area (Å²) in [5.74, 6) is -2.98. The number of rotatable bonds is 7. The zero-order chi connectivity index (χ0) is 13.4. The van der Waals surface area contributed by atoms with E-state index < -0.39 is 24.0 Å². The van der Waals surface area contributed by atoms with Crippen molar-refractivity contribution in [1.82, 2.24) is 0 Å². The van der Waals surface area contributed by atoms with Gasteiger partial charge in [-0.05, 0) is 26.7 Å². The Labute approximate surface area is 98.9 Å². The fourth-order valence-corrected chi connectivity index (χ4v) is 1.01. The van der Waals surface area contributed by atoms with Gasteiger partial charge in [0.05, 0.1) is 0 Å². The summed E-state index contributed by atoms with van der Waals surface area (Å²) in [7, 11) is 0. The van der Waals surface area contributed by atoms with E-state index in [1.807, 2.05) is 0 Å². The summed E-state index contributed by atoms with van der Waals surface area (Å²) >= 11 is 0. The SMILES string of the molecule is CC=C(C)C(=O)OC(CCCC(=O)O)C(=O)O. The van der Waals surface area contributed by atoms with E-state index >= 15 is 0 Å². The molecule has 0 bridgehead atoms. The van der Waals surface area contributed by atoms with Gasteiger partial charge < -0.3 is 14.9 Å². The molecule has 0 aliphatic carbocycles. The Balaban J connectivity index is 4.30. The fraction of sp³-hybridized carbons (Fsp3) is 0.545. The molecule has 0 aromatic heterocycles. The van der Waals surface area contributed by atoms with Crippen LogP contribution in [-0.2, 0) is 19.1 Å². The monoisotopic (exact) mass is 244 g/mol. The van der Waals surface area contributed by atoms with Crippen molar-refractivity contribution in [3.05, 3.63) is 11.6 Å². The molecule has 0 radical (unpaired) electrons. The third kappa shape index (κ3) is 6.34. The van der Waals surface area contributed by atoms with Gasteiger partial charge in [-0.2, -0.15) is 0 Å². The quantitative estimate of drug-likeness (QED) is 0.515. The molecular formula is C11H16O6. The smallest absolute Gasteiger partial charge is 0.345 e. The number of carboxylic acid groups (broad SMARTS) is 2. The van der Waals surface area contributed by atoms with Crippen LogP contribution < -0.4 is 0 Å². The molecule has 0 heterocycles. The fourth-order valence-electron chi connectivity index (χ4n) is 1.01. The Morgan fingerprint density at radius 1 is 1.29 bits per heavy atom. The van der Waals surface area contributed by atoms with E-state index in [9.17, 15) is 14.4 Å². The normalized spacial score (nSPS) is 12.9. The Morgan fingerprint density at radius 3 is 2.29 bits per heavy atom.